The fourth-order valence-corrected chi connectivity index (χ4v) is 1.49. The van der Waals surface area contributed by atoms with Gasteiger partial charge in [-0.05, 0) is 23.8 Å². The number of hydrogen-bond acceptors (Lipinski definition) is 2. The van der Waals surface area contributed by atoms with Crippen molar-refractivity contribution in [2.75, 3.05) is 5.43 Å². The van der Waals surface area contributed by atoms with Gasteiger partial charge in [-0.3, -0.25) is 5.84 Å². The average Bonchev–Trinajstić information content (AvgIpc) is 2.30. The van der Waals surface area contributed by atoms with Crippen LogP contribution >= 0.6 is 0 Å². The molecule has 0 atom stereocenters. The van der Waals surface area contributed by atoms with E-state index in [1.165, 1.54) is 12.1 Å². The molecule has 2 nitrogen and oxygen atoms in total. The molecule has 3 N–H and O–H groups in total. The van der Waals surface area contributed by atoms with Crippen molar-refractivity contribution in [2.45, 2.75) is 0 Å². The second kappa shape index (κ2) is 4.11. The summed E-state index contributed by atoms with van der Waals surface area (Å²) in [6.45, 7) is 0. The molecule has 0 saturated carbocycles. The quantitative estimate of drug-likeness (QED) is 0.580. The Bertz CT molecular complexity index is 451. The summed E-state index contributed by atoms with van der Waals surface area (Å²) in [6, 6.07) is 13.9. The summed E-state index contributed by atoms with van der Waals surface area (Å²) in [7, 11) is 0. The summed E-state index contributed by atoms with van der Waals surface area (Å²) < 4.78 is 12.7. The van der Waals surface area contributed by atoms with Crippen LogP contribution in [-0.2, 0) is 0 Å². The third-order valence-corrected chi connectivity index (χ3v) is 2.24. The molecule has 76 valence electrons. The minimum atomic E-state index is -0.239. The topological polar surface area (TPSA) is 38.0 Å². The number of anilines is 1. The molecule has 0 fully saturated rings. The van der Waals surface area contributed by atoms with Gasteiger partial charge in [-0.25, -0.2) is 4.39 Å². The molecule has 0 aliphatic rings. The van der Waals surface area contributed by atoms with Crippen LogP contribution in [0.2, 0.25) is 0 Å². The highest BCUT2D eigenvalue weighted by Crippen LogP contribution is 2.26. The van der Waals surface area contributed by atoms with Crippen molar-refractivity contribution in [1.82, 2.24) is 0 Å². The highest BCUT2D eigenvalue weighted by Gasteiger charge is 2.02. The van der Waals surface area contributed by atoms with E-state index in [0.717, 1.165) is 16.8 Å². The number of nitrogens with one attached hydrogen (secondary N) is 1. The second-order valence-electron chi connectivity index (χ2n) is 3.20. The van der Waals surface area contributed by atoms with E-state index < -0.39 is 0 Å². The van der Waals surface area contributed by atoms with E-state index in [9.17, 15) is 4.39 Å². The molecular formula is C12H11FN2. The first-order chi connectivity index (χ1) is 7.31. The molecule has 0 aromatic heterocycles. The molecule has 2 aromatic rings. The van der Waals surface area contributed by atoms with Gasteiger partial charge in [0.05, 0.1) is 5.69 Å². The molecule has 0 spiro atoms. The Morgan fingerprint density at radius 1 is 0.933 bits per heavy atom. The molecule has 0 amide bonds. The maximum atomic E-state index is 12.7. The molecule has 0 heterocycles. The van der Waals surface area contributed by atoms with Gasteiger partial charge >= 0.3 is 0 Å². The molecule has 2 aromatic carbocycles. The largest absolute Gasteiger partial charge is 0.324 e. The van der Waals surface area contributed by atoms with Crippen LogP contribution in [0.15, 0.2) is 48.5 Å². The highest BCUT2D eigenvalue weighted by molar-refractivity contribution is 5.77. The number of benzene rings is 2. The molecule has 0 unspecified atom stereocenters. The lowest BCUT2D eigenvalue weighted by atomic mass is 10.0. The summed E-state index contributed by atoms with van der Waals surface area (Å²) in [5.74, 6) is 5.15. The van der Waals surface area contributed by atoms with Gasteiger partial charge in [0.1, 0.15) is 5.82 Å². The Kier molecular flexibility index (Phi) is 2.65. The zero-order chi connectivity index (χ0) is 10.7. The molecule has 0 aliphatic heterocycles. The number of hydrazine groups is 1. The van der Waals surface area contributed by atoms with Gasteiger partial charge < -0.3 is 5.43 Å². The van der Waals surface area contributed by atoms with Crippen molar-refractivity contribution in [3.05, 3.63) is 54.3 Å². The van der Waals surface area contributed by atoms with E-state index in [0.29, 0.717) is 0 Å². The van der Waals surface area contributed by atoms with Gasteiger partial charge in [-0.15, -0.1) is 0 Å². The summed E-state index contributed by atoms with van der Waals surface area (Å²) in [4.78, 5) is 0. The van der Waals surface area contributed by atoms with Crippen LogP contribution in [0.1, 0.15) is 0 Å². The number of hydrogen-bond donors (Lipinski definition) is 2. The van der Waals surface area contributed by atoms with Crippen molar-refractivity contribution in [3.8, 4) is 11.1 Å². The van der Waals surface area contributed by atoms with E-state index in [1.54, 1.807) is 12.1 Å². The van der Waals surface area contributed by atoms with Gasteiger partial charge in [0.2, 0.25) is 0 Å². The van der Waals surface area contributed by atoms with E-state index in [1.807, 2.05) is 24.3 Å². The maximum Gasteiger partial charge on any atom is 0.123 e. The Hall–Kier alpha value is -1.87. The minimum Gasteiger partial charge on any atom is -0.324 e. The van der Waals surface area contributed by atoms with Crippen molar-refractivity contribution in [2.24, 2.45) is 5.84 Å². The lowest BCUT2D eigenvalue weighted by Gasteiger charge is -2.08. The summed E-state index contributed by atoms with van der Waals surface area (Å²) in [5.41, 5.74) is 5.33. The van der Waals surface area contributed by atoms with Crippen LogP contribution in [-0.4, -0.2) is 0 Å². The molecule has 3 heteroatoms. The average molecular weight is 202 g/mol. The smallest absolute Gasteiger partial charge is 0.123 e. The van der Waals surface area contributed by atoms with Gasteiger partial charge in [0, 0.05) is 5.56 Å². The van der Waals surface area contributed by atoms with E-state index in [2.05, 4.69) is 5.43 Å². The lowest BCUT2D eigenvalue weighted by Crippen LogP contribution is -2.07. The van der Waals surface area contributed by atoms with E-state index in [4.69, 9.17) is 5.84 Å². The molecule has 0 bridgehead atoms. The standard InChI is InChI=1S/C12H11FN2/c13-10-7-5-9(6-8-10)11-3-1-2-4-12(11)15-14/h1-8,15H,14H2. The monoisotopic (exact) mass is 202 g/mol. The van der Waals surface area contributed by atoms with Crippen LogP contribution in [0.5, 0.6) is 0 Å². The summed E-state index contributed by atoms with van der Waals surface area (Å²) in [5, 5.41) is 0. The van der Waals surface area contributed by atoms with Crippen LogP contribution in [0, 0.1) is 5.82 Å². The Balaban J connectivity index is 2.49. The SMILES string of the molecule is NNc1ccccc1-c1ccc(F)cc1. The predicted octanol–water partition coefficient (Wildman–Crippen LogP) is 2.78. The first-order valence-corrected chi connectivity index (χ1v) is 4.63. The normalized spacial score (nSPS) is 10.0. The predicted molar refractivity (Wildman–Crippen MR) is 59.6 cm³/mol. The maximum absolute atomic E-state index is 12.7. The van der Waals surface area contributed by atoms with Crippen molar-refractivity contribution in [1.29, 1.82) is 0 Å². The third kappa shape index (κ3) is 1.97. The molecule has 15 heavy (non-hydrogen) atoms. The number of nitrogen functional groups attached to an aromatic ring is 1. The summed E-state index contributed by atoms with van der Waals surface area (Å²) in [6.07, 6.45) is 0. The number of nitrogens with two attached hydrogens (primary N) is 1. The minimum absolute atomic E-state index is 0.239. The fourth-order valence-electron chi connectivity index (χ4n) is 1.49. The third-order valence-electron chi connectivity index (χ3n) is 2.24. The zero-order valence-electron chi connectivity index (χ0n) is 8.07. The van der Waals surface area contributed by atoms with E-state index in [-0.39, 0.29) is 5.82 Å². The fraction of sp³-hybridized carbons (Fsp3) is 0. The number of para-hydroxylation sites is 1. The first-order valence-electron chi connectivity index (χ1n) is 4.63. The molecular weight excluding hydrogens is 191 g/mol. The summed E-state index contributed by atoms with van der Waals surface area (Å²) >= 11 is 0. The second-order valence-corrected chi connectivity index (χ2v) is 3.20. The van der Waals surface area contributed by atoms with Crippen LogP contribution < -0.4 is 11.3 Å². The van der Waals surface area contributed by atoms with E-state index >= 15 is 0 Å². The van der Waals surface area contributed by atoms with Gasteiger partial charge in [-0.1, -0.05) is 30.3 Å². The Morgan fingerprint density at radius 3 is 2.27 bits per heavy atom. The Labute approximate surface area is 87.5 Å². The Morgan fingerprint density at radius 2 is 1.60 bits per heavy atom. The molecule has 0 aliphatic carbocycles. The molecule has 0 radical (unpaired) electrons. The first kappa shape index (κ1) is 9.68. The van der Waals surface area contributed by atoms with Crippen LogP contribution in [0.25, 0.3) is 11.1 Å². The van der Waals surface area contributed by atoms with Gasteiger partial charge in [-0.2, -0.15) is 0 Å². The highest BCUT2D eigenvalue weighted by atomic mass is 19.1. The molecule has 2 rings (SSSR count). The van der Waals surface area contributed by atoms with Gasteiger partial charge in [0.25, 0.3) is 0 Å². The van der Waals surface area contributed by atoms with Crippen molar-refractivity contribution < 1.29 is 4.39 Å². The van der Waals surface area contributed by atoms with Crippen molar-refractivity contribution >= 4 is 5.69 Å². The lowest BCUT2D eigenvalue weighted by molar-refractivity contribution is 0.628. The van der Waals surface area contributed by atoms with Gasteiger partial charge in [0.15, 0.2) is 0 Å². The van der Waals surface area contributed by atoms with Crippen molar-refractivity contribution in [3.63, 3.8) is 0 Å². The zero-order valence-corrected chi connectivity index (χ0v) is 8.07. The number of rotatable bonds is 2. The number of halogens is 1. The van der Waals surface area contributed by atoms with Crippen LogP contribution in [0.4, 0.5) is 10.1 Å². The molecule has 0 saturated heterocycles. The van der Waals surface area contributed by atoms with Crippen LogP contribution in [0.3, 0.4) is 0 Å².